The lowest BCUT2D eigenvalue weighted by Crippen LogP contribution is -2.27. The van der Waals surface area contributed by atoms with E-state index in [0.29, 0.717) is 18.7 Å². The molecular formula is C13H20N2O2. The van der Waals surface area contributed by atoms with Crippen molar-refractivity contribution in [1.29, 1.82) is 0 Å². The third kappa shape index (κ3) is 4.54. The number of carbonyl (C=O) groups excluding carboxylic acids is 1. The zero-order valence-corrected chi connectivity index (χ0v) is 10.4. The van der Waals surface area contributed by atoms with Crippen LogP contribution in [0.2, 0.25) is 0 Å². The quantitative estimate of drug-likeness (QED) is 0.750. The average molecular weight is 236 g/mol. The third-order valence-corrected chi connectivity index (χ3v) is 2.48. The molecule has 3 N–H and O–H groups in total. The number of nitrogens with one attached hydrogen (secondary N) is 1. The van der Waals surface area contributed by atoms with Crippen LogP contribution in [0, 0.1) is 0 Å². The highest BCUT2D eigenvalue weighted by atomic mass is 16.5. The molecule has 1 unspecified atom stereocenters. The summed E-state index contributed by atoms with van der Waals surface area (Å²) in [6.07, 6.45) is 0.167. The maximum Gasteiger partial charge on any atom is 0.249 e. The summed E-state index contributed by atoms with van der Waals surface area (Å²) in [6.45, 7) is 6.06. The second-order valence-electron chi connectivity index (χ2n) is 3.92. The fraction of sp³-hybridized carbons (Fsp3) is 0.462. The van der Waals surface area contributed by atoms with Crippen molar-refractivity contribution in [3.8, 4) is 0 Å². The monoisotopic (exact) mass is 236 g/mol. The molecule has 0 saturated heterocycles. The molecule has 1 atom stereocenters. The second-order valence-corrected chi connectivity index (χ2v) is 3.92. The highest BCUT2D eigenvalue weighted by molar-refractivity contribution is 5.94. The van der Waals surface area contributed by atoms with E-state index < -0.39 is 0 Å². The molecule has 0 aliphatic rings. The largest absolute Gasteiger partial charge is 0.377 e. The van der Waals surface area contributed by atoms with E-state index in [9.17, 15) is 4.79 Å². The van der Waals surface area contributed by atoms with Crippen LogP contribution in [0.4, 0.5) is 0 Å². The number of ether oxygens (including phenoxy) is 1. The molecule has 0 bridgehead atoms. The maximum atomic E-state index is 11.2. The molecular weight excluding hydrogens is 216 g/mol. The van der Waals surface area contributed by atoms with Crippen molar-refractivity contribution in [3.05, 3.63) is 35.4 Å². The minimum Gasteiger partial charge on any atom is -0.377 e. The highest BCUT2D eigenvalue weighted by Crippen LogP contribution is 2.07. The predicted octanol–water partition coefficient (Wildman–Crippen LogP) is 1.30. The van der Waals surface area contributed by atoms with Gasteiger partial charge in [0.15, 0.2) is 0 Å². The first-order chi connectivity index (χ1) is 8.15. The molecule has 17 heavy (non-hydrogen) atoms. The summed E-state index contributed by atoms with van der Waals surface area (Å²) in [5.41, 5.74) is 6.80. The van der Waals surface area contributed by atoms with E-state index in [-0.39, 0.29) is 12.0 Å². The topological polar surface area (TPSA) is 64.3 Å². The van der Waals surface area contributed by atoms with E-state index in [2.05, 4.69) is 5.32 Å². The van der Waals surface area contributed by atoms with Crippen molar-refractivity contribution >= 4 is 5.91 Å². The lowest BCUT2D eigenvalue weighted by atomic mass is 10.1. The van der Waals surface area contributed by atoms with E-state index in [1.54, 1.807) is 6.07 Å². The van der Waals surface area contributed by atoms with Crippen LogP contribution in [-0.4, -0.2) is 25.2 Å². The van der Waals surface area contributed by atoms with Crippen molar-refractivity contribution < 1.29 is 9.53 Å². The Balaban J connectivity index is 2.49. The number of carbonyl (C=O) groups is 1. The van der Waals surface area contributed by atoms with Gasteiger partial charge in [-0.3, -0.25) is 4.79 Å². The summed E-state index contributed by atoms with van der Waals surface area (Å²) in [5, 5.41) is 3.25. The molecule has 94 valence electrons. The Morgan fingerprint density at radius 3 is 2.82 bits per heavy atom. The second kappa shape index (κ2) is 7.04. The standard InChI is InChI=1S/C13H20N2O2/c1-3-17-10(2)8-15-9-11-6-4-5-7-12(11)13(14)16/h4-7,10,15H,3,8-9H2,1-2H3,(H2,14,16). The molecule has 0 aliphatic heterocycles. The maximum absolute atomic E-state index is 11.2. The molecule has 4 nitrogen and oxygen atoms in total. The fourth-order valence-corrected chi connectivity index (χ4v) is 1.67. The summed E-state index contributed by atoms with van der Waals surface area (Å²) in [4.78, 5) is 11.2. The van der Waals surface area contributed by atoms with Gasteiger partial charge < -0.3 is 15.8 Å². The molecule has 0 heterocycles. The van der Waals surface area contributed by atoms with Crippen LogP contribution in [0.3, 0.4) is 0 Å². The normalized spacial score (nSPS) is 12.4. The SMILES string of the molecule is CCOC(C)CNCc1ccccc1C(N)=O. The molecule has 0 aromatic heterocycles. The van der Waals surface area contributed by atoms with Gasteiger partial charge >= 0.3 is 0 Å². The molecule has 1 amide bonds. The lowest BCUT2D eigenvalue weighted by Gasteiger charge is -2.13. The molecule has 4 heteroatoms. The van der Waals surface area contributed by atoms with E-state index in [0.717, 1.165) is 12.1 Å². The van der Waals surface area contributed by atoms with Gasteiger partial charge in [-0.1, -0.05) is 18.2 Å². The molecule has 0 aliphatic carbocycles. The van der Waals surface area contributed by atoms with E-state index in [4.69, 9.17) is 10.5 Å². The van der Waals surface area contributed by atoms with Crippen molar-refractivity contribution in [2.24, 2.45) is 5.73 Å². The summed E-state index contributed by atoms with van der Waals surface area (Å²) < 4.78 is 5.40. The van der Waals surface area contributed by atoms with Crippen LogP contribution in [-0.2, 0) is 11.3 Å². The molecule has 0 spiro atoms. The van der Waals surface area contributed by atoms with Gasteiger partial charge in [-0.05, 0) is 25.5 Å². The first-order valence-corrected chi connectivity index (χ1v) is 5.85. The minimum atomic E-state index is -0.389. The van der Waals surface area contributed by atoms with Gasteiger partial charge in [0.2, 0.25) is 5.91 Å². The van der Waals surface area contributed by atoms with E-state index in [1.807, 2.05) is 32.0 Å². The zero-order valence-electron chi connectivity index (χ0n) is 10.4. The number of nitrogens with two attached hydrogens (primary N) is 1. The number of benzene rings is 1. The smallest absolute Gasteiger partial charge is 0.249 e. The van der Waals surface area contributed by atoms with Crippen LogP contribution in [0.1, 0.15) is 29.8 Å². The van der Waals surface area contributed by atoms with Crippen LogP contribution in [0.5, 0.6) is 0 Å². The van der Waals surface area contributed by atoms with Crippen LogP contribution in [0.25, 0.3) is 0 Å². The van der Waals surface area contributed by atoms with E-state index >= 15 is 0 Å². The summed E-state index contributed by atoms with van der Waals surface area (Å²) in [6, 6.07) is 7.35. The van der Waals surface area contributed by atoms with Crippen molar-refractivity contribution in [1.82, 2.24) is 5.32 Å². The Morgan fingerprint density at radius 1 is 1.47 bits per heavy atom. The Morgan fingerprint density at radius 2 is 2.18 bits per heavy atom. The molecule has 1 aromatic carbocycles. The first-order valence-electron chi connectivity index (χ1n) is 5.85. The Hall–Kier alpha value is -1.39. The van der Waals surface area contributed by atoms with Crippen molar-refractivity contribution in [2.45, 2.75) is 26.5 Å². The van der Waals surface area contributed by atoms with Gasteiger partial charge in [-0.15, -0.1) is 0 Å². The summed E-state index contributed by atoms with van der Waals surface area (Å²) in [7, 11) is 0. The number of hydrogen-bond donors (Lipinski definition) is 2. The third-order valence-electron chi connectivity index (χ3n) is 2.48. The van der Waals surface area contributed by atoms with Crippen LogP contribution in [0.15, 0.2) is 24.3 Å². The first kappa shape index (κ1) is 13.7. The average Bonchev–Trinajstić information content (AvgIpc) is 2.30. The van der Waals surface area contributed by atoms with Gasteiger partial charge in [0.25, 0.3) is 0 Å². The fourth-order valence-electron chi connectivity index (χ4n) is 1.67. The number of amides is 1. The highest BCUT2D eigenvalue weighted by Gasteiger charge is 2.07. The number of hydrogen-bond acceptors (Lipinski definition) is 3. The van der Waals surface area contributed by atoms with Gasteiger partial charge in [-0.25, -0.2) is 0 Å². The molecule has 1 rings (SSSR count). The lowest BCUT2D eigenvalue weighted by molar-refractivity contribution is 0.0759. The van der Waals surface area contributed by atoms with Crippen molar-refractivity contribution in [3.63, 3.8) is 0 Å². The number of primary amides is 1. The summed E-state index contributed by atoms with van der Waals surface area (Å²) >= 11 is 0. The van der Waals surface area contributed by atoms with Gasteiger partial charge in [-0.2, -0.15) is 0 Å². The van der Waals surface area contributed by atoms with E-state index in [1.165, 1.54) is 0 Å². The minimum absolute atomic E-state index is 0.167. The van der Waals surface area contributed by atoms with Crippen LogP contribution < -0.4 is 11.1 Å². The number of rotatable bonds is 7. The molecule has 1 aromatic rings. The summed E-state index contributed by atoms with van der Waals surface area (Å²) in [5.74, 6) is -0.389. The molecule has 0 radical (unpaired) electrons. The Kier molecular flexibility index (Phi) is 5.66. The van der Waals surface area contributed by atoms with Crippen molar-refractivity contribution in [2.75, 3.05) is 13.2 Å². The molecule has 0 fully saturated rings. The van der Waals surface area contributed by atoms with Gasteiger partial charge in [0, 0.05) is 25.3 Å². The zero-order chi connectivity index (χ0) is 12.7. The predicted molar refractivity (Wildman–Crippen MR) is 67.8 cm³/mol. The molecule has 0 saturated carbocycles. The van der Waals surface area contributed by atoms with Crippen LogP contribution >= 0.6 is 0 Å². The Bertz CT molecular complexity index is 366. The Labute approximate surface area is 102 Å². The van der Waals surface area contributed by atoms with Gasteiger partial charge in [0.05, 0.1) is 6.10 Å². The van der Waals surface area contributed by atoms with Gasteiger partial charge in [0.1, 0.15) is 0 Å².